The van der Waals surface area contributed by atoms with E-state index in [9.17, 15) is 10.1 Å². The van der Waals surface area contributed by atoms with Crippen LogP contribution >= 0.6 is 11.6 Å². The van der Waals surface area contributed by atoms with Crippen molar-refractivity contribution in [2.24, 2.45) is 0 Å². The van der Waals surface area contributed by atoms with Crippen LogP contribution in [0.25, 0.3) is 6.08 Å². The minimum atomic E-state index is -0.498. The Bertz CT molecular complexity index is 855. The van der Waals surface area contributed by atoms with Crippen molar-refractivity contribution in [2.75, 3.05) is 19.0 Å². The molecule has 2 aromatic carbocycles. The number of nitriles is 1. The predicted octanol–water partition coefficient (Wildman–Crippen LogP) is 5.07. The maximum Gasteiger partial charge on any atom is 0.266 e. The molecular formula is C21H21ClN2O3. The highest BCUT2D eigenvalue weighted by molar-refractivity contribution is 6.30. The van der Waals surface area contributed by atoms with Gasteiger partial charge in [-0.25, -0.2) is 0 Å². The molecule has 1 N–H and O–H groups in total. The fourth-order valence-corrected chi connectivity index (χ4v) is 2.39. The summed E-state index contributed by atoms with van der Waals surface area (Å²) >= 11 is 5.83. The molecule has 0 atom stereocenters. The van der Waals surface area contributed by atoms with Gasteiger partial charge in [0.15, 0.2) is 11.5 Å². The molecule has 0 spiro atoms. The maximum absolute atomic E-state index is 12.3. The van der Waals surface area contributed by atoms with Crippen molar-refractivity contribution in [2.45, 2.75) is 19.8 Å². The van der Waals surface area contributed by atoms with Gasteiger partial charge in [0.05, 0.1) is 13.7 Å². The highest BCUT2D eigenvalue weighted by atomic mass is 35.5. The van der Waals surface area contributed by atoms with E-state index in [0.29, 0.717) is 34.4 Å². The third kappa shape index (κ3) is 6.05. The van der Waals surface area contributed by atoms with Gasteiger partial charge in [0.25, 0.3) is 5.91 Å². The number of hydrogen-bond donors (Lipinski definition) is 1. The molecule has 2 aromatic rings. The number of methoxy groups -OCH3 is 1. The van der Waals surface area contributed by atoms with Crippen LogP contribution in [0.15, 0.2) is 48.0 Å². The monoisotopic (exact) mass is 384 g/mol. The molecule has 0 fully saturated rings. The second-order valence-corrected chi connectivity index (χ2v) is 6.18. The van der Waals surface area contributed by atoms with Crippen LogP contribution in [0.1, 0.15) is 25.3 Å². The number of rotatable bonds is 8. The lowest BCUT2D eigenvalue weighted by Crippen LogP contribution is -2.13. The Morgan fingerprint density at radius 3 is 2.59 bits per heavy atom. The number of benzene rings is 2. The van der Waals surface area contributed by atoms with E-state index in [2.05, 4.69) is 12.2 Å². The zero-order valence-electron chi connectivity index (χ0n) is 15.3. The summed E-state index contributed by atoms with van der Waals surface area (Å²) in [7, 11) is 1.55. The van der Waals surface area contributed by atoms with E-state index in [1.807, 2.05) is 6.07 Å². The third-order valence-corrected chi connectivity index (χ3v) is 3.97. The zero-order valence-corrected chi connectivity index (χ0v) is 16.0. The molecule has 0 aromatic heterocycles. The first-order valence-corrected chi connectivity index (χ1v) is 8.94. The second-order valence-electron chi connectivity index (χ2n) is 5.74. The predicted molar refractivity (Wildman–Crippen MR) is 107 cm³/mol. The fraction of sp³-hybridized carbons (Fsp3) is 0.238. The number of carbonyl (C=O) groups excluding carboxylic acids is 1. The summed E-state index contributed by atoms with van der Waals surface area (Å²) in [5.74, 6) is 0.685. The number of carbonyl (C=O) groups is 1. The van der Waals surface area contributed by atoms with Crippen LogP contribution in [0.2, 0.25) is 5.02 Å². The van der Waals surface area contributed by atoms with Gasteiger partial charge in [-0.1, -0.05) is 31.0 Å². The maximum atomic E-state index is 12.3. The van der Waals surface area contributed by atoms with E-state index in [0.717, 1.165) is 12.8 Å². The van der Waals surface area contributed by atoms with E-state index in [1.54, 1.807) is 49.6 Å². The van der Waals surface area contributed by atoms with Crippen LogP contribution in [0.5, 0.6) is 11.5 Å². The SMILES string of the molecule is CCCCOc1ccc(/C=C(\C#N)C(=O)Nc2ccc(Cl)cc2)cc1OC. The van der Waals surface area contributed by atoms with Gasteiger partial charge in [-0.3, -0.25) is 4.79 Å². The van der Waals surface area contributed by atoms with Gasteiger partial charge in [-0.2, -0.15) is 5.26 Å². The largest absolute Gasteiger partial charge is 0.493 e. The topological polar surface area (TPSA) is 71.3 Å². The highest BCUT2D eigenvalue weighted by Crippen LogP contribution is 2.29. The molecule has 0 heterocycles. The number of anilines is 1. The normalized spacial score (nSPS) is 10.8. The smallest absolute Gasteiger partial charge is 0.266 e. The summed E-state index contributed by atoms with van der Waals surface area (Å²) in [6.07, 6.45) is 3.50. The number of halogens is 1. The lowest BCUT2D eigenvalue weighted by atomic mass is 10.1. The molecule has 0 aliphatic rings. The summed E-state index contributed by atoms with van der Waals surface area (Å²) in [4.78, 5) is 12.3. The zero-order chi connectivity index (χ0) is 19.6. The number of amides is 1. The standard InChI is InChI=1S/C21H21ClN2O3/c1-3-4-11-27-19-10-5-15(13-20(19)26-2)12-16(14-23)21(25)24-18-8-6-17(22)7-9-18/h5-10,12-13H,3-4,11H2,1-2H3,(H,24,25)/b16-12+. The Morgan fingerprint density at radius 1 is 1.22 bits per heavy atom. The molecule has 0 saturated heterocycles. The van der Waals surface area contributed by atoms with Crippen molar-refractivity contribution in [3.63, 3.8) is 0 Å². The third-order valence-electron chi connectivity index (χ3n) is 3.72. The Hall–Kier alpha value is -2.97. The summed E-state index contributed by atoms with van der Waals surface area (Å²) in [5, 5.41) is 12.6. The Labute approximate surface area is 164 Å². The lowest BCUT2D eigenvalue weighted by Gasteiger charge is -2.11. The summed E-state index contributed by atoms with van der Waals surface area (Å²) in [6.45, 7) is 2.70. The van der Waals surface area contributed by atoms with Crippen molar-refractivity contribution >= 4 is 29.3 Å². The van der Waals surface area contributed by atoms with Crippen molar-refractivity contribution in [3.8, 4) is 17.6 Å². The van der Waals surface area contributed by atoms with Gasteiger partial charge >= 0.3 is 0 Å². The fourth-order valence-electron chi connectivity index (χ4n) is 2.27. The van der Waals surface area contributed by atoms with Crippen molar-refractivity contribution in [1.82, 2.24) is 0 Å². The molecule has 0 aliphatic heterocycles. The number of unbranched alkanes of at least 4 members (excludes halogenated alkanes) is 1. The molecule has 1 amide bonds. The number of ether oxygens (including phenoxy) is 2. The molecule has 0 unspecified atom stereocenters. The van der Waals surface area contributed by atoms with E-state index >= 15 is 0 Å². The Kier molecular flexibility index (Phi) is 7.72. The van der Waals surface area contributed by atoms with Crippen LogP contribution in [0.4, 0.5) is 5.69 Å². The Morgan fingerprint density at radius 2 is 1.96 bits per heavy atom. The highest BCUT2D eigenvalue weighted by Gasteiger charge is 2.11. The summed E-state index contributed by atoms with van der Waals surface area (Å²) < 4.78 is 11.0. The number of hydrogen-bond acceptors (Lipinski definition) is 4. The molecule has 27 heavy (non-hydrogen) atoms. The molecule has 0 saturated carbocycles. The summed E-state index contributed by atoms with van der Waals surface area (Å²) in [5.41, 5.74) is 1.20. The van der Waals surface area contributed by atoms with Gasteiger partial charge in [-0.15, -0.1) is 0 Å². The molecule has 0 radical (unpaired) electrons. The van der Waals surface area contributed by atoms with Gasteiger partial charge in [0.1, 0.15) is 11.6 Å². The number of nitrogens with one attached hydrogen (secondary N) is 1. The average Bonchev–Trinajstić information content (AvgIpc) is 2.68. The second kappa shape index (κ2) is 10.2. The average molecular weight is 385 g/mol. The van der Waals surface area contributed by atoms with E-state index in [4.69, 9.17) is 21.1 Å². The van der Waals surface area contributed by atoms with Crippen LogP contribution in [0.3, 0.4) is 0 Å². The first-order chi connectivity index (χ1) is 13.1. The molecular weight excluding hydrogens is 364 g/mol. The van der Waals surface area contributed by atoms with E-state index in [1.165, 1.54) is 6.08 Å². The van der Waals surface area contributed by atoms with E-state index < -0.39 is 5.91 Å². The minimum absolute atomic E-state index is 0.0216. The van der Waals surface area contributed by atoms with Crippen molar-refractivity contribution < 1.29 is 14.3 Å². The van der Waals surface area contributed by atoms with Crippen LogP contribution < -0.4 is 14.8 Å². The Balaban J connectivity index is 2.17. The van der Waals surface area contributed by atoms with Crippen LogP contribution in [-0.2, 0) is 4.79 Å². The summed E-state index contributed by atoms with van der Waals surface area (Å²) in [6, 6.07) is 13.9. The first kappa shape index (κ1) is 20.3. The number of nitrogens with zero attached hydrogens (tertiary/aromatic N) is 1. The lowest BCUT2D eigenvalue weighted by molar-refractivity contribution is -0.112. The van der Waals surface area contributed by atoms with Gasteiger partial charge in [0, 0.05) is 10.7 Å². The molecule has 140 valence electrons. The van der Waals surface area contributed by atoms with Crippen molar-refractivity contribution in [3.05, 3.63) is 58.6 Å². The molecule has 0 bridgehead atoms. The van der Waals surface area contributed by atoms with Gasteiger partial charge < -0.3 is 14.8 Å². The molecule has 2 rings (SSSR count). The first-order valence-electron chi connectivity index (χ1n) is 8.57. The van der Waals surface area contributed by atoms with Gasteiger partial charge in [-0.05, 0) is 54.5 Å². The molecule has 0 aliphatic carbocycles. The minimum Gasteiger partial charge on any atom is -0.493 e. The molecule has 6 heteroatoms. The van der Waals surface area contributed by atoms with E-state index in [-0.39, 0.29) is 5.57 Å². The van der Waals surface area contributed by atoms with Gasteiger partial charge in [0.2, 0.25) is 0 Å². The quantitative estimate of drug-likeness (QED) is 0.391. The molecule has 5 nitrogen and oxygen atoms in total. The van der Waals surface area contributed by atoms with Crippen LogP contribution in [0, 0.1) is 11.3 Å². The van der Waals surface area contributed by atoms with Crippen LogP contribution in [-0.4, -0.2) is 19.6 Å². The van der Waals surface area contributed by atoms with Crippen molar-refractivity contribution in [1.29, 1.82) is 5.26 Å².